The summed E-state index contributed by atoms with van der Waals surface area (Å²) >= 11 is 0. The third kappa shape index (κ3) is 1.94. The standard InChI is InChI=1S/C17H14F2N2/c18-11-7-14-12-4-1-5-13(12)16(10-3-2-6-20-9-10)21-17(14)15(19)8-11/h1-4,6-9,12-13,16,21H,5H2/t12-,13-,16+/m1/s1. The number of anilines is 1. The summed E-state index contributed by atoms with van der Waals surface area (Å²) in [6.45, 7) is 0. The van der Waals surface area contributed by atoms with Gasteiger partial charge in [0.2, 0.25) is 0 Å². The van der Waals surface area contributed by atoms with Crippen molar-refractivity contribution in [3.8, 4) is 0 Å². The molecule has 0 spiro atoms. The van der Waals surface area contributed by atoms with E-state index in [0.29, 0.717) is 11.3 Å². The molecule has 1 aliphatic carbocycles. The van der Waals surface area contributed by atoms with E-state index in [1.807, 2.05) is 12.1 Å². The first-order valence-corrected chi connectivity index (χ1v) is 7.06. The number of hydrogen-bond donors (Lipinski definition) is 1. The summed E-state index contributed by atoms with van der Waals surface area (Å²) in [6.07, 6.45) is 8.58. The number of hydrogen-bond acceptors (Lipinski definition) is 2. The summed E-state index contributed by atoms with van der Waals surface area (Å²) in [7, 11) is 0. The summed E-state index contributed by atoms with van der Waals surface area (Å²) in [5, 5.41) is 3.26. The van der Waals surface area contributed by atoms with Gasteiger partial charge >= 0.3 is 0 Å². The molecule has 21 heavy (non-hydrogen) atoms. The van der Waals surface area contributed by atoms with Crippen molar-refractivity contribution in [1.82, 2.24) is 4.98 Å². The minimum absolute atomic E-state index is 0.00818. The zero-order chi connectivity index (χ0) is 14.4. The highest BCUT2D eigenvalue weighted by molar-refractivity contribution is 5.60. The van der Waals surface area contributed by atoms with Crippen LogP contribution in [0.15, 0.2) is 48.8 Å². The molecule has 2 aromatic rings. The number of benzene rings is 1. The zero-order valence-electron chi connectivity index (χ0n) is 11.3. The first-order valence-electron chi connectivity index (χ1n) is 7.06. The van der Waals surface area contributed by atoms with Crippen molar-refractivity contribution in [2.45, 2.75) is 18.4 Å². The predicted octanol–water partition coefficient (Wildman–Crippen LogP) is 4.19. The average molecular weight is 284 g/mol. The lowest BCUT2D eigenvalue weighted by Gasteiger charge is -2.37. The Morgan fingerprint density at radius 1 is 1.24 bits per heavy atom. The van der Waals surface area contributed by atoms with Gasteiger partial charge in [-0.2, -0.15) is 0 Å². The fourth-order valence-corrected chi connectivity index (χ4v) is 3.51. The zero-order valence-corrected chi connectivity index (χ0v) is 11.3. The van der Waals surface area contributed by atoms with Gasteiger partial charge in [-0.05, 0) is 35.6 Å². The van der Waals surface area contributed by atoms with Gasteiger partial charge in [0.05, 0.1) is 11.7 Å². The molecule has 1 aliphatic heterocycles. The van der Waals surface area contributed by atoms with Crippen LogP contribution in [-0.4, -0.2) is 4.98 Å². The molecule has 0 bridgehead atoms. The Bertz CT molecular complexity index is 712. The molecule has 4 rings (SSSR count). The molecule has 0 amide bonds. The van der Waals surface area contributed by atoms with E-state index >= 15 is 0 Å². The maximum Gasteiger partial charge on any atom is 0.149 e. The number of nitrogens with zero attached hydrogens (tertiary/aromatic N) is 1. The molecular weight excluding hydrogens is 270 g/mol. The lowest BCUT2D eigenvalue weighted by Crippen LogP contribution is -2.30. The second kappa shape index (κ2) is 4.65. The van der Waals surface area contributed by atoms with Gasteiger partial charge in [-0.1, -0.05) is 18.2 Å². The largest absolute Gasteiger partial charge is 0.375 e. The van der Waals surface area contributed by atoms with Crippen molar-refractivity contribution in [3.05, 3.63) is 71.6 Å². The Labute approximate surface area is 121 Å². The SMILES string of the molecule is Fc1cc(F)c2c(c1)[C@@H]1C=CC[C@H]1[C@H](c1cccnc1)N2. The second-order valence-corrected chi connectivity index (χ2v) is 5.61. The number of nitrogens with one attached hydrogen (secondary N) is 1. The van der Waals surface area contributed by atoms with Crippen molar-refractivity contribution in [2.24, 2.45) is 5.92 Å². The molecule has 106 valence electrons. The number of halogens is 2. The summed E-state index contributed by atoms with van der Waals surface area (Å²) < 4.78 is 27.7. The third-order valence-electron chi connectivity index (χ3n) is 4.43. The summed E-state index contributed by atoms with van der Waals surface area (Å²) in [5.74, 6) is -0.732. The quantitative estimate of drug-likeness (QED) is 0.794. The molecule has 0 fully saturated rings. The maximum absolute atomic E-state index is 14.1. The molecule has 2 heterocycles. The van der Waals surface area contributed by atoms with Crippen LogP contribution in [0.4, 0.5) is 14.5 Å². The predicted molar refractivity (Wildman–Crippen MR) is 76.9 cm³/mol. The molecule has 0 unspecified atom stereocenters. The molecule has 2 aliphatic rings. The monoisotopic (exact) mass is 284 g/mol. The molecule has 1 N–H and O–H groups in total. The highest BCUT2D eigenvalue weighted by Gasteiger charge is 2.39. The molecule has 3 atom stereocenters. The van der Waals surface area contributed by atoms with E-state index in [2.05, 4.69) is 22.5 Å². The van der Waals surface area contributed by atoms with E-state index in [4.69, 9.17) is 0 Å². The van der Waals surface area contributed by atoms with E-state index in [-0.39, 0.29) is 17.9 Å². The fourth-order valence-electron chi connectivity index (χ4n) is 3.51. The van der Waals surface area contributed by atoms with Crippen LogP contribution in [0.25, 0.3) is 0 Å². The average Bonchev–Trinajstić information content (AvgIpc) is 2.97. The van der Waals surface area contributed by atoms with Crippen molar-refractivity contribution in [1.29, 1.82) is 0 Å². The number of rotatable bonds is 1. The normalized spacial score (nSPS) is 26.1. The number of aromatic nitrogens is 1. The Morgan fingerprint density at radius 2 is 2.14 bits per heavy atom. The fraction of sp³-hybridized carbons (Fsp3) is 0.235. The van der Waals surface area contributed by atoms with E-state index < -0.39 is 11.6 Å². The maximum atomic E-state index is 14.1. The lowest BCUT2D eigenvalue weighted by atomic mass is 9.77. The van der Waals surface area contributed by atoms with Crippen LogP contribution in [0.3, 0.4) is 0 Å². The van der Waals surface area contributed by atoms with Crippen molar-refractivity contribution in [3.63, 3.8) is 0 Å². The first-order chi connectivity index (χ1) is 10.2. The van der Waals surface area contributed by atoms with Crippen molar-refractivity contribution < 1.29 is 8.78 Å². The van der Waals surface area contributed by atoms with Crippen molar-refractivity contribution in [2.75, 3.05) is 5.32 Å². The molecule has 1 aromatic heterocycles. The van der Waals surface area contributed by atoms with Gasteiger partial charge < -0.3 is 5.32 Å². The molecular formula is C17H14F2N2. The van der Waals surface area contributed by atoms with Gasteiger partial charge in [0, 0.05) is 24.4 Å². The molecule has 0 radical (unpaired) electrons. The number of allylic oxidation sites excluding steroid dienone is 2. The van der Waals surface area contributed by atoms with Crippen LogP contribution < -0.4 is 5.32 Å². The Balaban J connectivity index is 1.84. The third-order valence-corrected chi connectivity index (χ3v) is 4.43. The topological polar surface area (TPSA) is 24.9 Å². The van der Waals surface area contributed by atoms with Gasteiger partial charge in [0.15, 0.2) is 0 Å². The highest BCUT2D eigenvalue weighted by atomic mass is 19.1. The Morgan fingerprint density at radius 3 is 2.95 bits per heavy atom. The van der Waals surface area contributed by atoms with Crippen molar-refractivity contribution >= 4 is 5.69 Å². The summed E-state index contributed by atoms with van der Waals surface area (Å²) in [4.78, 5) is 4.15. The van der Waals surface area contributed by atoms with Crippen LogP contribution in [-0.2, 0) is 0 Å². The second-order valence-electron chi connectivity index (χ2n) is 5.61. The van der Waals surface area contributed by atoms with Crippen LogP contribution in [0.1, 0.15) is 29.5 Å². The first kappa shape index (κ1) is 12.5. The Hall–Kier alpha value is -2.23. The smallest absolute Gasteiger partial charge is 0.149 e. The highest BCUT2D eigenvalue weighted by Crippen LogP contribution is 2.50. The summed E-state index contributed by atoms with van der Waals surface area (Å²) in [6, 6.07) is 6.24. The van der Waals surface area contributed by atoms with Gasteiger partial charge in [0.1, 0.15) is 11.6 Å². The molecule has 2 nitrogen and oxygen atoms in total. The molecule has 4 heteroatoms. The lowest BCUT2D eigenvalue weighted by molar-refractivity contribution is 0.417. The number of fused-ring (bicyclic) bond motifs is 3. The van der Waals surface area contributed by atoms with Gasteiger partial charge in [-0.15, -0.1) is 0 Å². The van der Waals surface area contributed by atoms with E-state index in [9.17, 15) is 8.78 Å². The molecule has 1 aromatic carbocycles. The van der Waals surface area contributed by atoms with E-state index in [0.717, 1.165) is 18.1 Å². The van der Waals surface area contributed by atoms with Gasteiger partial charge in [0.25, 0.3) is 0 Å². The Kier molecular flexibility index (Phi) is 2.77. The minimum Gasteiger partial charge on any atom is -0.375 e. The van der Waals surface area contributed by atoms with Crippen LogP contribution in [0.5, 0.6) is 0 Å². The van der Waals surface area contributed by atoms with Gasteiger partial charge in [-0.3, -0.25) is 4.98 Å². The van der Waals surface area contributed by atoms with Crippen LogP contribution >= 0.6 is 0 Å². The van der Waals surface area contributed by atoms with Crippen LogP contribution in [0.2, 0.25) is 0 Å². The van der Waals surface area contributed by atoms with Crippen LogP contribution in [0, 0.1) is 17.6 Å². The van der Waals surface area contributed by atoms with E-state index in [1.165, 1.54) is 6.07 Å². The molecule has 0 saturated carbocycles. The number of pyridine rings is 1. The van der Waals surface area contributed by atoms with E-state index in [1.54, 1.807) is 12.4 Å². The van der Waals surface area contributed by atoms with Gasteiger partial charge in [-0.25, -0.2) is 8.78 Å². The minimum atomic E-state index is -0.530. The molecule has 0 saturated heterocycles. The summed E-state index contributed by atoms with van der Waals surface area (Å²) in [5.41, 5.74) is 2.16.